The molecule has 0 heterocycles. The fraction of sp³-hybridized carbons (Fsp3) is 0.400. The molecule has 13 heavy (non-hydrogen) atoms. The number of allylic oxidation sites excluding steroid dienone is 2. The van der Waals surface area contributed by atoms with Gasteiger partial charge in [-0.3, -0.25) is 0 Å². The summed E-state index contributed by atoms with van der Waals surface area (Å²) >= 11 is 0. The van der Waals surface area contributed by atoms with E-state index < -0.39 is 0 Å². The fourth-order valence-electron chi connectivity index (χ4n) is 0.471. The molecule has 0 bridgehead atoms. The standard InChI is InChI=1S/2C5H10Si.Pt/c2*1-4-5-6(2)3;/h2*4-5H,1H2,2-3H3;/q2*-1;+2. The molecule has 0 spiro atoms. The Labute approximate surface area is 102 Å². The molecule has 0 aromatic carbocycles. The minimum Gasteiger partial charge on any atom is -0.245 e. The van der Waals surface area contributed by atoms with Crippen LogP contribution in [-0.2, 0) is 21.1 Å². The molecule has 0 aliphatic heterocycles. The molecule has 3 heteroatoms. The average molecular weight is 392 g/mol. The van der Waals surface area contributed by atoms with Crippen LogP contribution < -0.4 is 0 Å². The minimum absolute atomic E-state index is 0. The maximum atomic E-state index is 3.57. The topological polar surface area (TPSA) is 0 Å². The summed E-state index contributed by atoms with van der Waals surface area (Å²) in [5, 5.41) is 0. The van der Waals surface area contributed by atoms with E-state index in [9.17, 15) is 0 Å². The first kappa shape index (κ1) is 19.0. The second-order valence-electron chi connectivity index (χ2n) is 2.96. The van der Waals surface area contributed by atoms with Crippen molar-refractivity contribution in [2.24, 2.45) is 0 Å². The Kier molecular flexibility index (Phi) is 21.7. The van der Waals surface area contributed by atoms with Crippen molar-refractivity contribution in [3.8, 4) is 0 Å². The number of hydrogen-bond donors (Lipinski definition) is 0. The van der Waals surface area contributed by atoms with Crippen LogP contribution in [0.4, 0.5) is 0 Å². The Bertz CT molecular complexity index is 97.5. The monoisotopic (exact) mass is 391 g/mol. The van der Waals surface area contributed by atoms with Crippen LogP contribution in [-0.4, -0.2) is 17.6 Å². The summed E-state index contributed by atoms with van der Waals surface area (Å²) in [6, 6.07) is 4.31. The van der Waals surface area contributed by atoms with Gasteiger partial charge in [-0.15, -0.1) is 0 Å². The third-order valence-corrected chi connectivity index (χ3v) is 2.71. The Hall–Kier alpha value is 0.342. The molecule has 0 aromatic heterocycles. The zero-order chi connectivity index (χ0) is 9.98. The summed E-state index contributed by atoms with van der Waals surface area (Å²) in [5.74, 6) is 0. The van der Waals surface area contributed by atoms with Crippen LogP contribution in [0.25, 0.3) is 0 Å². The van der Waals surface area contributed by atoms with Crippen molar-refractivity contribution < 1.29 is 21.1 Å². The zero-order valence-corrected chi connectivity index (χ0v) is 13.3. The van der Waals surface area contributed by atoms with E-state index in [-0.39, 0.29) is 38.7 Å². The van der Waals surface area contributed by atoms with Gasteiger partial charge in [0.25, 0.3) is 0 Å². The molecule has 0 aliphatic carbocycles. The summed E-state index contributed by atoms with van der Waals surface area (Å²) < 4.78 is 0. The summed E-state index contributed by atoms with van der Waals surface area (Å²) in [6.45, 7) is 16.1. The van der Waals surface area contributed by atoms with Crippen LogP contribution in [0.15, 0.2) is 25.3 Å². The first-order chi connectivity index (χ1) is 5.54. The molecular weight excluding hydrogens is 371 g/mol. The van der Waals surface area contributed by atoms with Crippen molar-refractivity contribution in [2.75, 3.05) is 0 Å². The van der Waals surface area contributed by atoms with Gasteiger partial charge in [0.1, 0.15) is 0 Å². The van der Waals surface area contributed by atoms with E-state index in [4.69, 9.17) is 0 Å². The Morgan fingerprint density at radius 2 is 1.08 bits per heavy atom. The van der Waals surface area contributed by atoms with Crippen molar-refractivity contribution in [1.29, 1.82) is 0 Å². The van der Waals surface area contributed by atoms with Crippen molar-refractivity contribution in [1.82, 2.24) is 0 Å². The van der Waals surface area contributed by atoms with E-state index in [2.05, 4.69) is 51.4 Å². The van der Waals surface area contributed by atoms with Crippen LogP contribution in [0.3, 0.4) is 0 Å². The Morgan fingerprint density at radius 1 is 0.846 bits per heavy atom. The summed E-state index contributed by atoms with van der Waals surface area (Å²) in [4.78, 5) is 0. The van der Waals surface area contributed by atoms with Gasteiger partial charge in [-0.05, 0) is 17.6 Å². The van der Waals surface area contributed by atoms with E-state index in [1.807, 2.05) is 12.2 Å². The minimum atomic E-state index is -0.129. The molecule has 0 amide bonds. The zero-order valence-electron chi connectivity index (χ0n) is 9.04. The van der Waals surface area contributed by atoms with Crippen molar-refractivity contribution >= 4 is 17.6 Å². The summed E-state index contributed by atoms with van der Waals surface area (Å²) in [5.41, 5.74) is 0. The molecule has 0 aromatic rings. The predicted molar refractivity (Wildman–Crippen MR) is 64.0 cm³/mol. The van der Waals surface area contributed by atoms with Gasteiger partial charge >= 0.3 is 21.1 Å². The molecule has 0 rings (SSSR count). The molecule has 78 valence electrons. The van der Waals surface area contributed by atoms with Crippen LogP contribution in [0, 0.1) is 12.1 Å². The molecule has 0 saturated carbocycles. The second kappa shape index (κ2) is 14.8. The average Bonchev–Trinajstić information content (AvgIpc) is 1.87. The first-order valence-electron chi connectivity index (χ1n) is 4.06. The maximum absolute atomic E-state index is 3.57. The van der Waals surface area contributed by atoms with Crippen molar-refractivity contribution in [3.05, 3.63) is 37.4 Å². The van der Waals surface area contributed by atoms with E-state index in [1.54, 1.807) is 0 Å². The largest absolute Gasteiger partial charge is 2.00 e. The van der Waals surface area contributed by atoms with Gasteiger partial charge in [-0.25, -0.2) is 37.4 Å². The van der Waals surface area contributed by atoms with Gasteiger partial charge in [0.15, 0.2) is 0 Å². The quantitative estimate of drug-likeness (QED) is 0.509. The Balaban J connectivity index is -0.000000143. The van der Waals surface area contributed by atoms with E-state index >= 15 is 0 Å². The smallest absolute Gasteiger partial charge is 0.245 e. The van der Waals surface area contributed by atoms with Crippen LogP contribution in [0.1, 0.15) is 0 Å². The molecule has 0 saturated heterocycles. The molecule has 0 aliphatic rings. The Morgan fingerprint density at radius 3 is 1.08 bits per heavy atom. The van der Waals surface area contributed by atoms with Gasteiger partial charge in [0, 0.05) is 0 Å². The van der Waals surface area contributed by atoms with Gasteiger partial charge in [0.05, 0.1) is 0 Å². The van der Waals surface area contributed by atoms with Crippen molar-refractivity contribution in [2.45, 2.75) is 26.2 Å². The SMILES string of the molecule is C=C[CH-][Si](C)C.C=C[CH-][Si](C)C.[Pt+2]. The summed E-state index contributed by atoms with van der Waals surface area (Å²) in [7, 11) is -0.257. The third-order valence-electron chi connectivity index (χ3n) is 0.902. The molecule has 0 fully saturated rings. The molecule has 0 atom stereocenters. The van der Waals surface area contributed by atoms with E-state index in [0.717, 1.165) is 0 Å². The first-order valence-corrected chi connectivity index (χ1v) is 9.22. The molecule has 0 nitrogen and oxygen atoms in total. The number of hydrogen-bond acceptors (Lipinski definition) is 0. The predicted octanol–water partition coefficient (Wildman–Crippen LogP) is 3.34. The molecular formula is C10H20PtSi2. The van der Waals surface area contributed by atoms with Gasteiger partial charge in [-0.2, -0.15) is 0 Å². The van der Waals surface area contributed by atoms with Crippen LogP contribution in [0.5, 0.6) is 0 Å². The van der Waals surface area contributed by atoms with Crippen LogP contribution in [0.2, 0.25) is 26.2 Å². The summed E-state index contributed by atoms with van der Waals surface area (Å²) in [6.07, 6.45) is 3.74. The number of rotatable bonds is 4. The van der Waals surface area contributed by atoms with Crippen molar-refractivity contribution in [3.63, 3.8) is 0 Å². The van der Waals surface area contributed by atoms with E-state index in [1.165, 1.54) is 0 Å². The molecule has 0 N–H and O–H groups in total. The molecule has 0 unspecified atom stereocenters. The molecule has 2 radical (unpaired) electrons. The van der Waals surface area contributed by atoms with Crippen LogP contribution >= 0.6 is 0 Å². The maximum Gasteiger partial charge on any atom is 2.00 e. The normalized spacial score (nSPS) is 7.85. The van der Waals surface area contributed by atoms with Gasteiger partial charge in [0.2, 0.25) is 0 Å². The van der Waals surface area contributed by atoms with Gasteiger partial charge < -0.3 is 0 Å². The third kappa shape index (κ3) is 32.8. The van der Waals surface area contributed by atoms with Gasteiger partial charge in [-0.1, -0.05) is 26.2 Å². The fourth-order valence-corrected chi connectivity index (χ4v) is 1.41. The van der Waals surface area contributed by atoms with E-state index in [0.29, 0.717) is 0 Å². The second-order valence-corrected chi connectivity index (χ2v) is 7.94.